The molecule has 0 aliphatic carbocycles. The Morgan fingerprint density at radius 2 is 2.22 bits per heavy atom. The van der Waals surface area contributed by atoms with Crippen molar-refractivity contribution in [3.05, 3.63) is 36.3 Å². The monoisotopic (exact) mass is 236 g/mol. The smallest absolute Gasteiger partial charge is 0.157 e. The average molecular weight is 236 g/mol. The molecule has 86 valence electrons. The van der Waals surface area contributed by atoms with E-state index in [0.717, 1.165) is 0 Å². The lowest BCUT2D eigenvalue weighted by Gasteiger charge is -2.02. The second-order valence-corrected chi connectivity index (χ2v) is 3.70. The van der Waals surface area contributed by atoms with E-state index in [-0.39, 0.29) is 0 Å². The van der Waals surface area contributed by atoms with Crippen molar-refractivity contribution in [2.45, 2.75) is 0 Å². The van der Waals surface area contributed by atoms with Crippen LogP contribution in [0.15, 0.2) is 30.7 Å². The van der Waals surface area contributed by atoms with Gasteiger partial charge in [0.2, 0.25) is 0 Å². The van der Waals surface area contributed by atoms with Gasteiger partial charge in [0.05, 0.1) is 17.5 Å². The van der Waals surface area contributed by atoms with Gasteiger partial charge in [-0.15, -0.1) is 0 Å². The minimum absolute atomic E-state index is 0.389. The number of hydrogen-bond acceptors (Lipinski definition) is 5. The van der Waals surface area contributed by atoms with E-state index in [9.17, 15) is 0 Å². The van der Waals surface area contributed by atoms with E-state index >= 15 is 0 Å². The van der Waals surface area contributed by atoms with Gasteiger partial charge in [-0.05, 0) is 12.1 Å². The van der Waals surface area contributed by atoms with Crippen molar-refractivity contribution in [3.8, 4) is 17.3 Å². The van der Waals surface area contributed by atoms with Crippen LogP contribution in [0.2, 0.25) is 0 Å². The molecule has 3 aromatic heterocycles. The normalized spacial score (nSPS) is 10.4. The van der Waals surface area contributed by atoms with Crippen LogP contribution >= 0.6 is 0 Å². The molecule has 0 unspecified atom stereocenters. The Balaban J connectivity index is 2.25. The van der Waals surface area contributed by atoms with Crippen molar-refractivity contribution in [1.82, 2.24) is 19.9 Å². The number of H-pyrrole nitrogens is 1. The van der Waals surface area contributed by atoms with Crippen LogP contribution in [0.4, 0.5) is 5.82 Å². The van der Waals surface area contributed by atoms with Crippen molar-refractivity contribution in [3.63, 3.8) is 0 Å². The van der Waals surface area contributed by atoms with E-state index in [1.54, 1.807) is 24.7 Å². The van der Waals surface area contributed by atoms with E-state index in [0.29, 0.717) is 33.8 Å². The highest BCUT2D eigenvalue weighted by Gasteiger charge is 2.10. The van der Waals surface area contributed by atoms with Crippen LogP contribution in [0.1, 0.15) is 5.56 Å². The van der Waals surface area contributed by atoms with Crippen LogP contribution in [0.25, 0.3) is 22.4 Å². The first-order chi connectivity index (χ1) is 8.79. The lowest BCUT2D eigenvalue weighted by Crippen LogP contribution is -1.95. The molecule has 6 nitrogen and oxygen atoms in total. The van der Waals surface area contributed by atoms with Crippen LogP contribution in [0.5, 0.6) is 0 Å². The van der Waals surface area contributed by atoms with Gasteiger partial charge in [0, 0.05) is 18.0 Å². The Morgan fingerprint density at radius 3 is 3.00 bits per heavy atom. The minimum atomic E-state index is 0.389. The zero-order chi connectivity index (χ0) is 12.5. The number of nitrogen functional groups attached to an aromatic ring is 1. The highest BCUT2D eigenvalue weighted by Crippen LogP contribution is 2.23. The fraction of sp³-hybridized carbons (Fsp3) is 0. The summed E-state index contributed by atoms with van der Waals surface area (Å²) in [5.74, 6) is 0.389. The SMILES string of the molecule is N#Cc1c[nH]c2ncc(-c3cccnc3N)nc12. The quantitative estimate of drug-likeness (QED) is 0.665. The number of rotatable bonds is 1. The van der Waals surface area contributed by atoms with Crippen LogP contribution < -0.4 is 5.73 Å². The fourth-order valence-corrected chi connectivity index (χ4v) is 1.74. The topological polar surface area (TPSA) is 104 Å². The number of fused-ring (bicyclic) bond motifs is 1. The fourth-order valence-electron chi connectivity index (χ4n) is 1.74. The van der Waals surface area contributed by atoms with E-state index in [1.807, 2.05) is 6.07 Å². The first-order valence-electron chi connectivity index (χ1n) is 5.24. The number of aromatic amines is 1. The van der Waals surface area contributed by atoms with Crippen molar-refractivity contribution >= 4 is 17.0 Å². The number of nitrogens with one attached hydrogen (secondary N) is 1. The molecule has 0 saturated carbocycles. The van der Waals surface area contributed by atoms with Crippen molar-refractivity contribution in [2.24, 2.45) is 0 Å². The van der Waals surface area contributed by atoms with Gasteiger partial charge in [0.15, 0.2) is 5.65 Å². The lowest BCUT2D eigenvalue weighted by molar-refractivity contribution is 1.25. The first-order valence-corrected chi connectivity index (χ1v) is 5.24. The summed E-state index contributed by atoms with van der Waals surface area (Å²) >= 11 is 0. The van der Waals surface area contributed by atoms with Gasteiger partial charge < -0.3 is 10.7 Å². The number of nitrogens with two attached hydrogens (primary N) is 1. The van der Waals surface area contributed by atoms with Crippen molar-refractivity contribution < 1.29 is 0 Å². The Hall–Kier alpha value is -2.94. The number of nitriles is 1. The molecule has 18 heavy (non-hydrogen) atoms. The maximum atomic E-state index is 8.97. The molecule has 3 heterocycles. The van der Waals surface area contributed by atoms with Gasteiger partial charge in [-0.25, -0.2) is 15.0 Å². The van der Waals surface area contributed by atoms with Crippen LogP contribution in [-0.2, 0) is 0 Å². The molecule has 0 amide bonds. The molecule has 0 aromatic carbocycles. The molecule has 0 fully saturated rings. The predicted octanol–water partition coefficient (Wildman–Crippen LogP) is 1.47. The summed E-state index contributed by atoms with van der Waals surface area (Å²) in [6.07, 6.45) is 4.80. The molecule has 3 rings (SSSR count). The molecule has 6 heteroatoms. The van der Waals surface area contributed by atoms with Gasteiger partial charge in [-0.1, -0.05) is 0 Å². The molecule has 3 N–H and O–H groups in total. The van der Waals surface area contributed by atoms with Crippen molar-refractivity contribution in [1.29, 1.82) is 5.26 Å². The maximum absolute atomic E-state index is 8.97. The van der Waals surface area contributed by atoms with Gasteiger partial charge in [0.1, 0.15) is 17.4 Å². The van der Waals surface area contributed by atoms with E-state index in [1.165, 1.54) is 0 Å². The summed E-state index contributed by atoms with van der Waals surface area (Å²) in [5, 5.41) is 8.97. The third-order valence-electron chi connectivity index (χ3n) is 2.62. The molecule has 0 aliphatic rings. The van der Waals surface area contributed by atoms with Crippen LogP contribution in [-0.4, -0.2) is 19.9 Å². The van der Waals surface area contributed by atoms with Crippen LogP contribution in [0.3, 0.4) is 0 Å². The highest BCUT2D eigenvalue weighted by atomic mass is 14.9. The number of nitrogens with zero attached hydrogens (tertiary/aromatic N) is 4. The summed E-state index contributed by atoms with van der Waals surface area (Å²) in [6, 6.07) is 5.66. The second-order valence-electron chi connectivity index (χ2n) is 3.70. The summed E-state index contributed by atoms with van der Waals surface area (Å²) in [4.78, 5) is 15.5. The minimum Gasteiger partial charge on any atom is -0.383 e. The number of anilines is 1. The van der Waals surface area contributed by atoms with Gasteiger partial charge in [-0.2, -0.15) is 5.26 Å². The Kier molecular flexibility index (Phi) is 2.17. The Morgan fingerprint density at radius 1 is 1.33 bits per heavy atom. The number of aromatic nitrogens is 4. The van der Waals surface area contributed by atoms with E-state index in [2.05, 4.69) is 26.0 Å². The van der Waals surface area contributed by atoms with Gasteiger partial charge in [0.25, 0.3) is 0 Å². The molecular weight excluding hydrogens is 228 g/mol. The third kappa shape index (κ3) is 1.46. The first kappa shape index (κ1) is 10.2. The predicted molar refractivity (Wildman–Crippen MR) is 66.2 cm³/mol. The molecule has 0 aliphatic heterocycles. The molecule has 0 spiro atoms. The van der Waals surface area contributed by atoms with E-state index < -0.39 is 0 Å². The molecular formula is C12H8N6. The molecule has 0 radical (unpaired) electrons. The third-order valence-corrected chi connectivity index (χ3v) is 2.62. The summed E-state index contributed by atoms with van der Waals surface area (Å²) in [6.45, 7) is 0. The Labute approximate surface area is 102 Å². The summed E-state index contributed by atoms with van der Waals surface area (Å²) in [7, 11) is 0. The average Bonchev–Trinajstić information content (AvgIpc) is 2.81. The summed E-state index contributed by atoms with van der Waals surface area (Å²) < 4.78 is 0. The standard InChI is InChI=1S/C12H8N6/c13-4-7-5-16-12-10(7)18-9(6-17-12)8-2-1-3-15-11(8)14/h1-3,5-6H,(H2,14,15)(H,16,17). The zero-order valence-electron chi connectivity index (χ0n) is 9.25. The van der Waals surface area contributed by atoms with Gasteiger partial charge in [-0.3, -0.25) is 0 Å². The maximum Gasteiger partial charge on any atom is 0.157 e. The second kappa shape index (κ2) is 3.82. The number of pyridine rings is 1. The molecule has 0 atom stereocenters. The summed E-state index contributed by atoms with van der Waals surface area (Å²) in [5.41, 5.74) is 8.68. The molecule has 0 saturated heterocycles. The largest absolute Gasteiger partial charge is 0.383 e. The van der Waals surface area contributed by atoms with E-state index in [4.69, 9.17) is 11.0 Å². The molecule has 0 bridgehead atoms. The zero-order valence-corrected chi connectivity index (χ0v) is 9.25. The Bertz CT molecular complexity index is 768. The molecule has 3 aromatic rings. The lowest BCUT2D eigenvalue weighted by atomic mass is 10.2. The van der Waals surface area contributed by atoms with Gasteiger partial charge >= 0.3 is 0 Å². The highest BCUT2D eigenvalue weighted by molar-refractivity contribution is 5.81. The number of hydrogen-bond donors (Lipinski definition) is 2. The van der Waals surface area contributed by atoms with Crippen molar-refractivity contribution in [2.75, 3.05) is 5.73 Å². The van der Waals surface area contributed by atoms with Crippen LogP contribution in [0, 0.1) is 11.3 Å².